The van der Waals surface area contributed by atoms with Crippen molar-refractivity contribution in [2.45, 2.75) is 33.0 Å². The van der Waals surface area contributed by atoms with Crippen LogP contribution in [0, 0.1) is 5.82 Å². The lowest BCUT2D eigenvalue weighted by Gasteiger charge is -2.17. The number of benzene rings is 1. The molecule has 0 saturated heterocycles. The van der Waals surface area contributed by atoms with Gasteiger partial charge in [0.25, 0.3) is 0 Å². The molecule has 3 nitrogen and oxygen atoms in total. The minimum atomic E-state index is -0.244. The van der Waals surface area contributed by atoms with Crippen molar-refractivity contribution in [2.75, 3.05) is 7.11 Å². The Labute approximate surface area is 119 Å². The summed E-state index contributed by atoms with van der Waals surface area (Å²) in [5.41, 5.74) is 2.05. The molecular formula is C16H21FN2O. The van der Waals surface area contributed by atoms with E-state index in [1.165, 1.54) is 17.7 Å². The smallest absolute Gasteiger partial charge is 0.123 e. The van der Waals surface area contributed by atoms with E-state index >= 15 is 0 Å². The van der Waals surface area contributed by atoms with E-state index in [1.54, 1.807) is 13.2 Å². The van der Waals surface area contributed by atoms with Gasteiger partial charge in [0.15, 0.2) is 0 Å². The third-order valence-electron chi connectivity index (χ3n) is 3.45. The first-order chi connectivity index (χ1) is 9.63. The summed E-state index contributed by atoms with van der Waals surface area (Å²) < 4.78 is 20.8. The Balaban J connectivity index is 2.04. The van der Waals surface area contributed by atoms with E-state index in [1.807, 2.05) is 6.92 Å². The van der Waals surface area contributed by atoms with E-state index in [-0.39, 0.29) is 11.9 Å². The molecule has 0 aliphatic rings. The summed E-state index contributed by atoms with van der Waals surface area (Å²) in [6.45, 7) is 5.83. The average molecular weight is 276 g/mol. The number of hydrogen-bond acceptors (Lipinski definition) is 2. The predicted octanol–water partition coefficient (Wildman–Crippen LogP) is 3.51. The molecular weight excluding hydrogens is 255 g/mol. The van der Waals surface area contributed by atoms with Crippen molar-refractivity contribution in [3.63, 3.8) is 0 Å². The zero-order valence-electron chi connectivity index (χ0n) is 12.2. The molecule has 0 aliphatic carbocycles. The topological polar surface area (TPSA) is 26.2 Å². The summed E-state index contributed by atoms with van der Waals surface area (Å²) in [5, 5.41) is 3.39. The number of aryl methyl sites for hydroxylation is 1. The van der Waals surface area contributed by atoms with E-state index in [2.05, 4.69) is 35.3 Å². The number of halogens is 1. The third kappa shape index (κ3) is 3.39. The first kappa shape index (κ1) is 14.6. The molecule has 0 aliphatic heterocycles. The predicted molar refractivity (Wildman–Crippen MR) is 78.3 cm³/mol. The van der Waals surface area contributed by atoms with Crippen molar-refractivity contribution >= 4 is 0 Å². The Bertz CT molecular complexity index is 565. The van der Waals surface area contributed by atoms with Gasteiger partial charge in [0, 0.05) is 37.1 Å². The van der Waals surface area contributed by atoms with Crippen LogP contribution in [0.2, 0.25) is 0 Å². The molecule has 0 bridgehead atoms. The number of nitrogens with one attached hydrogen (secondary N) is 1. The largest absolute Gasteiger partial charge is 0.496 e. The van der Waals surface area contributed by atoms with Gasteiger partial charge in [0.1, 0.15) is 11.6 Å². The molecule has 0 amide bonds. The Kier molecular flexibility index (Phi) is 4.79. The van der Waals surface area contributed by atoms with Gasteiger partial charge in [-0.15, -0.1) is 0 Å². The van der Waals surface area contributed by atoms with Crippen molar-refractivity contribution in [1.29, 1.82) is 0 Å². The minimum absolute atomic E-state index is 0.0191. The maximum absolute atomic E-state index is 13.4. The van der Waals surface area contributed by atoms with Crippen molar-refractivity contribution in [2.24, 2.45) is 0 Å². The molecule has 1 N–H and O–H groups in total. The molecule has 0 spiro atoms. The highest BCUT2D eigenvalue weighted by Gasteiger charge is 2.12. The van der Waals surface area contributed by atoms with Crippen LogP contribution in [-0.2, 0) is 13.1 Å². The van der Waals surface area contributed by atoms with Crippen molar-refractivity contribution in [3.8, 4) is 5.75 Å². The summed E-state index contributed by atoms with van der Waals surface area (Å²) in [5.74, 6) is 0.462. The standard InChI is InChI=1S/C16H21FN2O/c1-4-19-8-7-13(11-19)10-18-12(2)15-9-14(17)5-6-16(15)20-3/h5-9,11-12,18H,4,10H2,1-3H3. The SMILES string of the molecule is CCn1ccc(CNC(C)c2cc(F)ccc2OC)c1. The Morgan fingerprint density at radius 3 is 2.80 bits per heavy atom. The summed E-state index contributed by atoms with van der Waals surface area (Å²) >= 11 is 0. The van der Waals surface area contributed by atoms with Gasteiger partial charge in [0.2, 0.25) is 0 Å². The highest BCUT2D eigenvalue weighted by Crippen LogP contribution is 2.26. The maximum Gasteiger partial charge on any atom is 0.123 e. The lowest BCUT2D eigenvalue weighted by molar-refractivity contribution is 0.399. The van der Waals surface area contributed by atoms with Gasteiger partial charge in [-0.25, -0.2) is 4.39 Å². The van der Waals surface area contributed by atoms with E-state index in [9.17, 15) is 4.39 Å². The van der Waals surface area contributed by atoms with Crippen molar-refractivity contribution in [1.82, 2.24) is 9.88 Å². The second-order valence-electron chi connectivity index (χ2n) is 4.84. The lowest BCUT2D eigenvalue weighted by atomic mass is 10.1. The number of rotatable bonds is 6. The van der Waals surface area contributed by atoms with Crippen LogP contribution in [0.5, 0.6) is 5.75 Å². The van der Waals surface area contributed by atoms with Gasteiger partial charge in [-0.1, -0.05) is 0 Å². The lowest BCUT2D eigenvalue weighted by Crippen LogP contribution is -2.18. The van der Waals surface area contributed by atoms with Crippen LogP contribution in [0.1, 0.15) is 31.0 Å². The second-order valence-corrected chi connectivity index (χ2v) is 4.84. The molecule has 1 unspecified atom stereocenters. The first-order valence-electron chi connectivity index (χ1n) is 6.85. The molecule has 2 rings (SSSR count). The second kappa shape index (κ2) is 6.57. The zero-order chi connectivity index (χ0) is 14.5. The van der Waals surface area contributed by atoms with Crippen LogP contribution >= 0.6 is 0 Å². The van der Waals surface area contributed by atoms with Crippen LogP contribution < -0.4 is 10.1 Å². The quantitative estimate of drug-likeness (QED) is 0.874. The van der Waals surface area contributed by atoms with Gasteiger partial charge >= 0.3 is 0 Å². The van der Waals surface area contributed by atoms with Gasteiger partial charge in [0.05, 0.1) is 7.11 Å². The van der Waals surface area contributed by atoms with E-state index in [0.717, 1.165) is 18.7 Å². The van der Waals surface area contributed by atoms with Gasteiger partial charge in [-0.3, -0.25) is 0 Å². The molecule has 1 aromatic carbocycles. The molecule has 1 atom stereocenters. The monoisotopic (exact) mass is 276 g/mol. The molecule has 1 aromatic heterocycles. The van der Waals surface area contributed by atoms with Crippen LogP contribution in [0.4, 0.5) is 4.39 Å². The average Bonchev–Trinajstić information content (AvgIpc) is 2.92. The van der Waals surface area contributed by atoms with Gasteiger partial charge in [-0.05, 0) is 43.7 Å². The molecule has 0 radical (unpaired) electrons. The number of ether oxygens (including phenoxy) is 1. The minimum Gasteiger partial charge on any atom is -0.496 e. The number of hydrogen-bond donors (Lipinski definition) is 1. The summed E-state index contributed by atoms with van der Waals surface area (Å²) in [6, 6.07) is 6.71. The normalized spacial score (nSPS) is 12.4. The summed E-state index contributed by atoms with van der Waals surface area (Å²) in [4.78, 5) is 0. The van der Waals surface area contributed by atoms with Crippen LogP contribution in [0.25, 0.3) is 0 Å². The Morgan fingerprint density at radius 1 is 1.35 bits per heavy atom. The van der Waals surface area contributed by atoms with Crippen LogP contribution in [0.3, 0.4) is 0 Å². The highest BCUT2D eigenvalue weighted by molar-refractivity contribution is 5.36. The van der Waals surface area contributed by atoms with Crippen molar-refractivity contribution < 1.29 is 9.13 Å². The van der Waals surface area contributed by atoms with Gasteiger partial charge < -0.3 is 14.6 Å². The maximum atomic E-state index is 13.4. The Hall–Kier alpha value is -1.81. The number of nitrogens with zero attached hydrogens (tertiary/aromatic N) is 1. The number of methoxy groups -OCH3 is 1. The van der Waals surface area contributed by atoms with E-state index < -0.39 is 0 Å². The van der Waals surface area contributed by atoms with Crippen LogP contribution in [0.15, 0.2) is 36.7 Å². The molecule has 0 saturated carbocycles. The fraction of sp³-hybridized carbons (Fsp3) is 0.375. The molecule has 20 heavy (non-hydrogen) atoms. The summed E-state index contributed by atoms with van der Waals surface area (Å²) in [7, 11) is 1.60. The van der Waals surface area contributed by atoms with E-state index in [0.29, 0.717) is 5.75 Å². The molecule has 1 heterocycles. The Morgan fingerprint density at radius 2 is 2.15 bits per heavy atom. The fourth-order valence-corrected chi connectivity index (χ4v) is 2.22. The van der Waals surface area contributed by atoms with E-state index in [4.69, 9.17) is 4.74 Å². The first-order valence-corrected chi connectivity index (χ1v) is 6.85. The summed E-state index contributed by atoms with van der Waals surface area (Å²) in [6.07, 6.45) is 4.17. The zero-order valence-corrected chi connectivity index (χ0v) is 12.2. The van der Waals surface area contributed by atoms with Crippen molar-refractivity contribution in [3.05, 3.63) is 53.6 Å². The number of aromatic nitrogens is 1. The molecule has 0 fully saturated rings. The van der Waals surface area contributed by atoms with Gasteiger partial charge in [-0.2, -0.15) is 0 Å². The highest BCUT2D eigenvalue weighted by atomic mass is 19.1. The third-order valence-corrected chi connectivity index (χ3v) is 3.45. The molecule has 4 heteroatoms. The molecule has 2 aromatic rings. The fourth-order valence-electron chi connectivity index (χ4n) is 2.22. The molecule has 108 valence electrons. The van der Waals surface area contributed by atoms with Crippen LogP contribution in [-0.4, -0.2) is 11.7 Å².